The predicted molar refractivity (Wildman–Crippen MR) is 190 cm³/mol. The minimum atomic E-state index is -0.0530. The molecule has 2 fully saturated rings. The van der Waals surface area contributed by atoms with Crippen molar-refractivity contribution in [3.05, 3.63) is 57.8 Å². The van der Waals surface area contributed by atoms with Crippen molar-refractivity contribution in [1.82, 2.24) is 20.6 Å². The molecule has 0 unspecified atom stereocenters. The third-order valence-electron chi connectivity index (χ3n) is 8.03. The van der Waals surface area contributed by atoms with Gasteiger partial charge in [0.2, 0.25) is 23.6 Å². The molecule has 2 aromatic carbocycles. The van der Waals surface area contributed by atoms with Crippen molar-refractivity contribution >= 4 is 49.3 Å². The van der Waals surface area contributed by atoms with Gasteiger partial charge in [0.15, 0.2) is 0 Å². The first kappa shape index (κ1) is 36.1. The van der Waals surface area contributed by atoms with Gasteiger partial charge >= 0.3 is 0 Å². The highest BCUT2D eigenvalue weighted by Crippen LogP contribution is 2.36. The maximum Gasteiger partial charge on any atom is 0.221 e. The number of hydrogen-bond acceptors (Lipinski definition) is 10. The number of ether oxygens (including phenoxy) is 4. The van der Waals surface area contributed by atoms with E-state index >= 15 is 0 Å². The standard InChI is InChI=1S/C19H21N3O3.C18H18BrN3O3/c1-11(2)25-17-7-16-15(6-13(17)8-20)12(3)9-21-19(16)24-10-14-4-5-18(23)22-14;1-10(2)25-16-6-14-13(5-11(16)7-20)15(19)8-21-18(14)24-9-12-3-4-17(23)22-12/h6-7,9,11,14H,4-5,10H2,1-3H3,(H,22,23);5-6,8,10,12H,3-4,9H2,1-2H3,(H,22,23)/t14-;12-/m00/s1. The molecule has 0 saturated carbocycles. The zero-order chi connectivity index (χ0) is 35.9. The van der Waals surface area contributed by atoms with Crippen LogP contribution in [0.25, 0.3) is 21.5 Å². The summed E-state index contributed by atoms with van der Waals surface area (Å²) in [6.45, 7) is 10.3. The Balaban J connectivity index is 0.000000194. The number of hydrogen-bond donors (Lipinski definition) is 2. The van der Waals surface area contributed by atoms with Crippen LogP contribution in [0.15, 0.2) is 41.1 Å². The van der Waals surface area contributed by atoms with E-state index in [1.807, 2.05) is 46.8 Å². The average Bonchev–Trinajstić information content (AvgIpc) is 3.70. The summed E-state index contributed by atoms with van der Waals surface area (Å²) < 4.78 is 24.0. The topological polar surface area (TPSA) is 168 Å². The number of nitrogens with one attached hydrogen (secondary N) is 2. The third-order valence-corrected chi connectivity index (χ3v) is 8.66. The van der Waals surface area contributed by atoms with E-state index in [0.717, 1.165) is 44.4 Å². The van der Waals surface area contributed by atoms with Crippen LogP contribution < -0.4 is 29.6 Å². The van der Waals surface area contributed by atoms with E-state index in [1.54, 1.807) is 24.5 Å². The van der Waals surface area contributed by atoms with Gasteiger partial charge < -0.3 is 29.6 Å². The van der Waals surface area contributed by atoms with E-state index in [-0.39, 0.29) is 36.1 Å². The highest BCUT2D eigenvalue weighted by Gasteiger charge is 2.23. The lowest BCUT2D eigenvalue weighted by Crippen LogP contribution is -2.31. The number of rotatable bonds is 10. The number of carbonyl (C=O) groups excluding carboxylic acids is 2. The van der Waals surface area contributed by atoms with Gasteiger partial charge in [0, 0.05) is 45.9 Å². The Hall–Kier alpha value is -5.14. The summed E-state index contributed by atoms with van der Waals surface area (Å²) >= 11 is 3.47. The summed E-state index contributed by atoms with van der Waals surface area (Å²) in [5, 5.41) is 27.8. The number of amides is 2. The fraction of sp³-hybridized carbons (Fsp3) is 0.405. The van der Waals surface area contributed by atoms with Crippen molar-refractivity contribution in [2.45, 2.75) is 84.6 Å². The van der Waals surface area contributed by atoms with Crippen molar-refractivity contribution < 1.29 is 28.5 Å². The molecule has 0 aliphatic carbocycles. The van der Waals surface area contributed by atoms with Gasteiger partial charge in [-0.2, -0.15) is 10.5 Å². The molecule has 0 radical (unpaired) electrons. The first-order valence-electron chi connectivity index (χ1n) is 16.5. The van der Waals surface area contributed by atoms with E-state index in [0.29, 0.717) is 60.4 Å². The van der Waals surface area contributed by atoms with Gasteiger partial charge in [-0.3, -0.25) is 9.59 Å². The first-order chi connectivity index (χ1) is 23.9. The van der Waals surface area contributed by atoms with Crippen LogP contribution in [0, 0.1) is 29.6 Å². The first-order valence-corrected chi connectivity index (χ1v) is 17.3. The summed E-state index contributed by atoms with van der Waals surface area (Å²) in [4.78, 5) is 31.3. The van der Waals surface area contributed by atoms with Gasteiger partial charge in [-0.25, -0.2) is 9.97 Å². The summed E-state index contributed by atoms with van der Waals surface area (Å²) in [6, 6.07) is 11.5. The predicted octanol–water partition coefficient (Wildman–Crippen LogP) is 6.17. The molecule has 6 rings (SSSR count). The number of nitrogens with zero attached hydrogens (tertiary/aromatic N) is 4. The van der Waals surface area contributed by atoms with Gasteiger partial charge in [0.1, 0.15) is 36.9 Å². The summed E-state index contributed by atoms with van der Waals surface area (Å²) in [6.07, 6.45) is 5.87. The van der Waals surface area contributed by atoms with Gasteiger partial charge in [-0.05, 0) is 98.6 Å². The number of carbonyl (C=O) groups is 2. The van der Waals surface area contributed by atoms with Crippen molar-refractivity contribution in [3.8, 4) is 35.4 Å². The van der Waals surface area contributed by atoms with Crippen LogP contribution in [0.2, 0.25) is 0 Å². The SMILES string of the molecule is CC(C)Oc1cc2c(OC[C@@H]3CCC(=O)N3)ncc(Br)c2cc1C#N.Cc1cnc(OC[C@@H]2CCC(=O)N2)c2cc(OC(C)C)c(C#N)cc12. The molecule has 2 aliphatic heterocycles. The lowest BCUT2D eigenvalue weighted by atomic mass is 10.0. The monoisotopic (exact) mass is 742 g/mol. The largest absolute Gasteiger partial charge is 0.490 e. The molecule has 2 aliphatic rings. The Morgan fingerprint density at radius 2 is 1.22 bits per heavy atom. The molecule has 2 saturated heterocycles. The zero-order valence-corrected chi connectivity index (χ0v) is 30.2. The molecule has 260 valence electrons. The lowest BCUT2D eigenvalue weighted by molar-refractivity contribution is -0.120. The van der Waals surface area contributed by atoms with Crippen molar-refractivity contribution in [1.29, 1.82) is 10.5 Å². The molecule has 50 heavy (non-hydrogen) atoms. The molecule has 2 atom stereocenters. The molecule has 2 N–H and O–H groups in total. The Labute approximate surface area is 299 Å². The number of benzene rings is 2. The maximum absolute atomic E-state index is 11.3. The minimum Gasteiger partial charge on any atom is -0.490 e. The second kappa shape index (κ2) is 16.0. The second-order valence-corrected chi connectivity index (χ2v) is 13.6. The fourth-order valence-electron chi connectivity index (χ4n) is 5.66. The van der Waals surface area contributed by atoms with Crippen LogP contribution in [0.5, 0.6) is 23.3 Å². The summed E-state index contributed by atoms with van der Waals surface area (Å²) in [5.41, 5.74) is 1.91. The van der Waals surface area contributed by atoms with Crippen LogP contribution >= 0.6 is 15.9 Å². The Bertz CT molecular complexity index is 1860. The molecule has 4 heterocycles. The highest BCUT2D eigenvalue weighted by atomic mass is 79.9. The zero-order valence-electron chi connectivity index (χ0n) is 28.6. The van der Waals surface area contributed by atoms with Gasteiger partial charge in [-0.15, -0.1) is 0 Å². The number of nitriles is 2. The number of aryl methyl sites for hydroxylation is 1. The quantitative estimate of drug-likeness (QED) is 0.192. The molecule has 0 spiro atoms. The Morgan fingerprint density at radius 3 is 1.66 bits per heavy atom. The molecule has 0 bridgehead atoms. The van der Waals surface area contributed by atoms with Crippen molar-refractivity contribution in [3.63, 3.8) is 0 Å². The van der Waals surface area contributed by atoms with Crippen LogP contribution in [0.1, 0.15) is 70.1 Å². The molecule has 2 aromatic heterocycles. The van der Waals surface area contributed by atoms with Crippen LogP contribution in [0.4, 0.5) is 0 Å². The van der Waals surface area contributed by atoms with Crippen LogP contribution in [-0.4, -0.2) is 59.3 Å². The molecule has 2 amide bonds. The summed E-state index contributed by atoms with van der Waals surface area (Å²) in [5.74, 6) is 2.08. The Morgan fingerprint density at radius 1 is 0.760 bits per heavy atom. The molecule has 12 nitrogen and oxygen atoms in total. The molecule has 4 aromatic rings. The molecular weight excluding hydrogens is 704 g/mol. The van der Waals surface area contributed by atoms with Crippen LogP contribution in [0.3, 0.4) is 0 Å². The van der Waals surface area contributed by atoms with E-state index < -0.39 is 0 Å². The Kier molecular flexibility index (Phi) is 11.6. The second-order valence-electron chi connectivity index (χ2n) is 12.7. The number of pyridine rings is 2. The van der Waals surface area contributed by atoms with E-state index in [9.17, 15) is 20.1 Å². The van der Waals surface area contributed by atoms with E-state index in [4.69, 9.17) is 18.9 Å². The van der Waals surface area contributed by atoms with Gasteiger partial charge in [-0.1, -0.05) is 0 Å². The minimum absolute atomic E-state index is 0.00207. The maximum atomic E-state index is 11.3. The van der Waals surface area contributed by atoms with E-state index in [1.165, 1.54) is 0 Å². The van der Waals surface area contributed by atoms with E-state index in [2.05, 4.69) is 48.7 Å². The smallest absolute Gasteiger partial charge is 0.221 e. The fourth-order valence-corrected chi connectivity index (χ4v) is 6.09. The van der Waals surface area contributed by atoms with Gasteiger partial charge in [0.05, 0.1) is 35.4 Å². The average molecular weight is 744 g/mol. The van der Waals surface area contributed by atoms with Crippen molar-refractivity contribution in [2.75, 3.05) is 13.2 Å². The number of fused-ring (bicyclic) bond motifs is 2. The lowest BCUT2D eigenvalue weighted by Gasteiger charge is -2.16. The van der Waals surface area contributed by atoms with Crippen molar-refractivity contribution in [2.24, 2.45) is 0 Å². The number of aromatic nitrogens is 2. The number of halogens is 1. The third kappa shape index (κ3) is 8.71. The molecular formula is C37H39BrN6O6. The molecule has 13 heteroatoms. The van der Waals surface area contributed by atoms with Gasteiger partial charge in [0.25, 0.3) is 0 Å². The van der Waals surface area contributed by atoms with Crippen LogP contribution in [-0.2, 0) is 9.59 Å². The normalized spacial score (nSPS) is 16.8. The summed E-state index contributed by atoms with van der Waals surface area (Å²) in [7, 11) is 0. The highest BCUT2D eigenvalue weighted by molar-refractivity contribution is 9.10.